The Morgan fingerprint density at radius 2 is 0.872 bits per heavy atom. The predicted octanol–water partition coefficient (Wildman–Crippen LogP) is 10.2. The van der Waals surface area contributed by atoms with E-state index in [0.29, 0.717) is 12.8 Å². The summed E-state index contributed by atoms with van der Waals surface area (Å²) in [6, 6.07) is -0.995. The van der Waals surface area contributed by atoms with Gasteiger partial charge in [0.05, 0.1) is 18.8 Å². The first-order valence-corrected chi connectivity index (χ1v) is 20.6. The second-order valence-electron chi connectivity index (χ2n) is 14.3. The molecule has 0 radical (unpaired) electrons. The Labute approximate surface area is 292 Å². The zero-order valence-corrected chi connectivity index (χ0v) is 31.3. The van der Waals surface area contributed by atoms with E-state index in [1.165, 1.54) is 148 Å². The second kappa shape index (κ2) is 36.3. The van der Waals surface area contributed by atoms with Gasteiger partial charge in [0.1, 0.15) is 12.2 Å². The topological polar surface area (TPSA) is 110 Å². The van der Waals surface area contributed by atoms with Crippen LogP contribution in [-0.2, 0) is 4.79 Å². The van der Waals surface area contributed by atoms with Crippen LogP contribution in [0.25, 0.3) is 0 Å². The second-order valence-corrected chi connectivity index (χ2v) is 14.3. The number of hydrogen-bond acceptors (Lipinski definition) is 5. The molecule has 6 heteroatoms. The third-order valence-electron chi connectivity index (χ3n) is 9.73. The average Bonchev–Trinajstić information content (AvgIpc) is 3.07. The Bertz CT molecular complexity index is 672. The van der Waals surface area contributed by atoms with Gasteiger partial charge < -0.3 is 25.7 Å². The number of hydrogen-bond donors (Lipinski definition) is 5. The molecule has 0 saturated heterocycles. The molecule has 0 aromatic heterocycles. The zero-order chi connectivity index (χ0) is 34.6. The Balaban J connectivity index is 3.75. The summed E-state index contributed by atoms with van der Waals surface area (Å²) >= 11 is 0. The Hall–Kier alpha value is -0.950. The van der Waals surface area contributed by atoms with Crippen LogP contribution in [0.15, 0.2) is 12.2 Å². The lowest BCUT2D eigenvalue weighted by Crippen LogP contribution is -2.53. The molecule has 0 spiro atoms. The molecule has 0 unspecified atom stereocenters. The molecule has 1 amide bonds. The molecule has 0 saturated carbocycles. The summed E-state index contributed by atoms with van der Waals surface area (Å²) in [6.45, 7) is 4.02. The third-order valence-corrected chi connectivity index (χ3v) is 9.73. The van der Waals surface area contributed by atoms with Gasteiger partial charge in [0.15, 0.2) is 0 Å². The highest BCUT2D eigenvalue weighted by molar-refractivity contribution is 5.80. The molecule has 0 bridgehead atoms. The van der Waals surface area contributed by atoms with Crippen LogP contribution in [0, 0.1) is 0 Å². The molecule has 0 aromatic carbocycles. The van der Waals surface area contributed by atoms with Crippen molar-refractivity contribution >= 4 is 5.91 Å². The minimum Gasteiger partial charge on any atom is -0.394 e. The molecule has 5 N–H and O–H groups in total. The lowest BCUT2D eigenvalue weighted by atomic mass is 10.00. The first-order chi connectivity index (χ1) is 23.0. The third kappa shape index (κ3) is 30.8. The summed E-state index contributed by atoms with van der Waals surface area (Å²) in [5.41, 5.74) is 0. The number of allylic oxidation sites excluding steroid dienone is 2. The summed E-state index contributed by atoms with van der Waals surface area (Å²) in [4.78, 5) is 12.5. The predicted molar refractivity (Wildman–Crippen MR) is 201 cm³/mol. The molecule has 0 heterocycles. The number of amides is 1. The standard InChI is InChI=1S/C41H81NO5/c1-3-5-7-9-11-13-15-17-18-19-20-21-22-23-25-27-29-31-33-35-39(45)41(47)42-37(36-43)40(46)38(44)34-32-30-28-26-24-16-14-12-10-8-6-4-2/h26,28,37-40,43-46H,3-25,27,29-36H2,1-2H3,(H,42,47)/b28-26+/t37-,38+,39+,40-/m0/s1. The number of nitrogens with one attached hydrogen (secondary N) is 1. The van der Waals surface area contributed by atoms with E-state index in [4.69, 9.17) is 0 Å². The number of carbonyl (C=O) groups is 1. The minimum absolute atomic E-state index is 0.368. The van der Waals surface area contributed by atoms with E-state index in [9.17, 15) is 25.2 Å². The summed E-state index contributed by atoms with van der Waals surface area (Å²) in [5, 5.41) is 43.5. The number of aliphatic hydroxyl groups is 4. The maximum Gasteiger partial charge on any atom is 0.249 e. The number of rotatable bonds is 37. The van der Waals surface area contributed by atoms with Gasteiger partial charge in [0.2, 0.25) is 5.91 Å². The van der Waals surface area contributed by atoms with Crippen molar-refractivity contribution in [1.82, 2.24) is 5.32 Å². The van der Waals surface area contributed by atoms with Crippen LogP contribution in [0.2, 0.25) is 0 Å². The lowest BCUT2D eigenvalue weighted by Gasteiger charge is -2.27. The molecule has 0 aliphatic heterocycles. The van der Waals surface area contributed by atoms with Crippen molar-refractivity contribution in [2.75, 3.05) is 6.61 Å². The number of unbranched alkanes of at least 4 members (excludes halogenated alkanes) is 26. The first kappa shape index (κ1) is 46.0. The average molecular weight is 668 g/mol. The normalized spacial score (nSPS) is 14.4. The van der Waals surface area contributed by atoms with Crippen LogP contribution in [0.3, 0.4) is 0 Å². The highest BCUT2D eigenvalue weighted by Gasteiger charge is 2.28. The van der Waals surface area contributed by atoms with E-state index < -0.39 is 36.9 Å². The van der Waals surface area contributed by atoms with Crippen molar-refractivity contribution in [1.29, 1.82) is 0 Å². The van der Waals surface area contributed by atoms with Crippen molar-refractivity contribution in [3.05, 3.63) is 12.2 Å². The van der Waals surface area contributed by atoms with E-state index >= 15 is 0 Å². The maximum atomic E-state index is 12.5. The van der Waals surface area contributed by atoms with Crippen LogP contribution < -0.4 is 5.32 Å². The molecule has 4 atom stereocenters. The molecule has 0 rings (SSSR count). The van der Waals surface area contributed by atoms with E-state index in [2.05, 4.69) is 31.3 Å². The largest absolute Gasteiger partial charge is 0.394 e. The van der Waals surface area contributed by atoms with Gasteiger partial charge in [-0.2, -0.15) is 0 Å². The van der Waals surface area contributed by atoms with Gasteiger partial charge in [-0.25, -0.2) is 0 Å². The van der Waals surface area contributed by atoms with Crippen LogP contribution in [0.4, 0.5) is 0 Å². The molecule has 0 aromatic rings. The monoisotopic (exact) mass is 668 g/mol. The summed E-state index contributed by atoms with van der Waals surface area (Å²) in [7, 11) is 0. The molecule has 6 nitrogen and oxygen atoms in total. The molecule has 0 aliphatic carbocycles. The highest BCUT2D eigenvalue weighted by atomic mass is 16.3. The molecular formula is C41H81NO5. The van der Waals surface area contributed by atoms with Gasteiger partial charge in [-0.1, -0.05) is 187 Å². The van der Waals surface area contributed by atoms with Crippen LogP contribution in [-0.4, -0.2) is 57.3 Å². The first-order valence-electron chi connectivity index (χ1n) is 20.6. The maximum absolute atomic E-state index is 12.5. The molecule has 0 aliphatic rings. The Kier molecular flexibility index (Phi) is 35.6. The van der Waals surface area contributed by atoms with E-state index in [0.717, 1.165) is 38.5 Å². The fourth-order valence-corrected chi connectivity index (χ4v) is 6.40. The van der Waals surface area contributed by atoms with Crippen molar-refractivity contribution in [3.8, 4) is 0 Å². The number of carbonyl (C=O) groups excluding carboxylic acids is 1. The van der Waals surface area contributed by atoms with Crippen LogP contribution >= 0.6 is 0 Å². The van der Waals surface area contributed by atoms with E-state index in [1.807, 2.05) is 0 Å². The summed E-state index contributed by atoms with van der Waals surface area (Å²) in [5.74, 6) is -0.592. The van der Waals surface area contributed by atoms with Crippen molar-refractivity contribution < 1.29 is 25.2 Å². The molecule has 47 heavy (non-hydrogen) atoms. The minimum atomic E-state index is -1.28. The van der Waals surface area contributed by atoms with Crippen molar-refractivity contribution in [2.45, 2.75) is 237 Å². The fraction of sp³-hybridized carbons (Fsp3) is 0.927. The van der Waals surface area contributed by atoms with Gasteiger partial charge in [-0.15, -0.1) is 0 Å². The van der Waals surface area contributed by atoms with E-state index in [1.54, 1.807) is 0 Å². The van der Waals surface area contributed by atoms with Gasteiger partial charge >= 0.3 is 0 Å². The van der Waals surface area contributed by atoms with Gasteiger partial charge in [-0.3, -0.25) is 4.79 Å². The Morgan fingerprint density at radius 3 is 1.28 bits per heavy atom. The fourth-order valence-electron chi connectivity index (χ4n) is 6.40. The number of aliphatic hydroxyl groups excluding tert-OH is 4. The lowest BCUT2D eigenvalue weighted by molar-refractivity contribution is -0.132. The van der Waals surface area contributed by atoms with Gasteiger partial charge in [-0.05, 0) is 38.5 Å². The van der Waals surface area contributed by atoms with Crippen molar-refractivity contribution in [2.24, 2.45) is 0 Å². The van der Waals surface area contributed by atoms with Gasteiger partial charge in [0, 0.05) is 0 Å². The van der Waals surface area contributed by atoms with E-state index in [-0.39, 0.29) is 0 Å². The van der Waals surface area contributed by atoms with Crippen molar-refractivity contribution in [3.63, 3.8) is 0 Å². The quantitative estimate of drug-likeness (QED) is 0.0335. The molecule has 0 fully saturated rings. The highest BCUT2D eigenvalue weighted by Crippen LogP contribution is 2.16. The smallest absolute Gasteiger partial charge is 0.249 e. The Morgan fingerprint density at radius 1 is 0.511 bits per heavy atom. The molecule has 280 valence electrons. The zero-order valence-electron chi connectivity index (χ0n) is 31.3. The SMILES string of the molecule is CCCCCCCCC/C=C/CCC[C@@H](O)[C@@H](O)[C@H](CO)NC(=O)[C@H](O)CCCCCCCCCCCCCCCCCCCCC. The van der Waals surface area contributed by atoms with Gasteiger partial charge in [0.25, 0.3) is 0 Å². The summed E-state index contributed by atoms with van der Waals surface area (Å²) in [6.07, 6.45) is 38.1. The summed E-state index contributed by atoms with van der Waals surface area (Å²) < 4.78 is 0. The van der Waals surface area contributed by atoms with Crippen LogP contribution in [0.1, 0.15) is 213 Å². The molecular weight excluding hydrogens is 586 g/mol. The van der Waals surface area contributed by atoms with Crippen LogP contribution in [0.5, 0.6) is 0 Å².